The first-order valence-electron chi connectivity index (χ1n) is 6.34. The molecule has 4 nitrogen and oxygen atoms in total. The lowest BCUT2D eigenvalue weighted by Gasteiger charge is -2.36. The Morgan fingerprint density at radius 3 is 3.06 bits per heavy atom. The molecule has 0 saturated heterocycles. The number of anilines is 2. The molecule has 0 fully saturated rings. The van der Waals surface area contributed by atoms with E-state index in [4.69, 9.17) is 10.5 Å². The Balaban J connectivity index is 2.22. The quantitative estimate of drug-likeness (QED) is 0.656. The number of rotatable bonds is 3. The Bertz CT molecular complexity index is 445. The molecular weight excluding hydrogens is 228 g/mol. The van der Waals surface area contributed by atoms with Gasteiger partial charge in [0.1, 0.15) is 0 Å². The first kappa shape index (κ1) is 12.7. The number of carbonyl (C=O) groups is 1. The summed E-state index contributed by atoms with van der Waals surface area (Å²) in [6.07, 6.45) is 2.50. The van der Waals surface area contributed by atoms with Crippen molar-refractivity contribution in [1.29, 1.82) is 0 Å². The highest BCUT2D eigenvalue weighted by molar-refractivity contribution is 5.72. The van der Waals surface area contributed by atoms with Gasteiger partial charge in [0, 0.05) is 24.0 Å². The number of nitrogens with zero attached hydrogens (tertiary/aromatic N) is 1. The third kappa shape index (κ3) is 2.42. The minimum absolute atomic E-state index is 0.137. The lowest BCUT2D eigenvalue weighted by atomic mass is 9.98. The molecule has 0 aromatic heterocycles. The number of esters is 1. The molecule has 1 heterocycles. The van der Waals surface area contributed by atoms with Crippen LogP contribution >= 0.6 is 0 Å². The molecule has 1 aromatic rings. The van der Waals surface area contributed by atoms with Crippen molar-refractivity contribution in [3.8, 4) is 0 Å². The number of nitrogens with two attached hydrogens (primary N) is 1. The van der Waals surface area contributed by atoms with Gasteiger partial charge in [0.2, 0.25) is 0 Å². The lowest BCUT2D eigenvalue weighted by molar-refractivity contribution is -0.140. The van der Waals surface area contributed by atoms with Gasteiger partial charge in [-0.2, -0.15) is 0 Å². The highest BCUT2D eigenvalue weighted by Gasteiger charge is 2.24. The summed E-state index contributed by atoms with van der Waals surface area (Å²) < 4.78 is 4.73. The third-order valence-corrected chi connectivity index (χ3v) is 3.54. The summed E-state index contributed by atoms with van der Waals surface area (Å²) in [6.45, 7) is 3.02. The van der Waals surface area contributed by atoms with Crippen molar-refractivity contribution >= 4 is 17.3 Å². The molecule has 2 rings (SSSR count). The Kier molecular flexibility index (Phi) is 3.75. The van der Waals surface area contributed by atoms with Gasteiger partial charge < -0.3 is 15.4 Å². The van der Waals surface area contributed by atoms with Gasteiger partial charge in [-0.05, 0) is 37.5 Å². The molecule has 0 saturated carbocycles. The highest BCUT2D eigenvalue weighted by Crippen LogP contribution is 2.32. The van der Waals surface area contributed by atoms with Crippen molar-refractivity contribution in [1.82, 2.24) is 0 Å². The smallest absolute Gasteiger partial charge is 0.307 e. The van der Waals surface area contributed by atoms with Crippen LogP contribution in [0.4, 0.5) is 11.4 Å². The predicted molar refractivity (Wildman–Crippen MR) is 72.6 cm³/mol. The summed E-state index contributed by atoms with van der Waals surface area (Å²) in [4.78, 5) is 13.6. The van der Waals surface area contributed by atoms with E-state index in [2.05, 4.69) is 17.9 Å². The first-order chi connectivity index (χ1) is 8.63. The number of methoxy groups -OCH3 is 1. The van der Waals surface area contributed by atoms with E-state index < -0.39 is 0 Å². The molecule has 98 valence electrons. The number of ether oxygens (including phenoxy) is 1. The zero-order chi connectivity index (χ0) is 13.1. The van der Waals surface area contributed by atoms with Crippen molar-refractivity contribution in [3.05, 3.63) is 23.8 Å². The fourth-order valence-corrected chi connectivity index (χ4v) is 2.57. The van der Waals surface area contributed by atoms with Crippen molar-refractivity contribution in [3.63, 3.8) is 0 Å². The van der Waals surface area contributed by atoms with Gasteiger partial charge in [0.25, 0.3) is 0 Å². The zero-order valence-corrected chi connectivity index (χ0v) is 11.0. The van der Waals surface area contributed by atoms with E-state index in [9.17, 15) is 4.79 Å². The zero-order valence-electron chi connectivity index (χ0n) is 11.0. The van der Waals surface area contributed by atoms with Crippen molar-refractivity contribution in [2.75, 3.05) is 24.3 Å². The topological polar surface area (TPSA) is 55.6 Å². The number of hydrogen-bond donors (Lipinski definition) is 1. The van der Waals surface area contributed by atoms with Crippen molar-refractivity contribution in [2.45, 2.75) is 32.2 Å². The van der Waals surface area contributed by atoms with Crippen LogP contribution in [0.1, 0.15) is 25.3 Å². The van der Waals surface area contributed by atoms with Crippen LogP contribution in [0.25, 0.3) is 0 Å². The Morgan fingerprint density at radius 1 is 1.56 bits per heavy atom. The second kappa shape index (κ2) is 5.29. The van der Waals surface area contributed by atoms with Crippen LogP contribution in [-0.2, 0) is 16.0 Å². The number of nitrogen functional groups attached to an aromatic ring is 1. The van der Waals surface area contributed by atoms with E-state index in [0.29, 0.717) is 6.42 Å². The minimum Gasteiger partial charge on any atom is -0.469 e. The summed E-state index contributed by atoms with van der Waals surface area (Å²) in [6, 6.07) is 6.13. The fourth-order valence-electron chi connectivity index (χ4n) is 2.57. The minimum atomic E-state index is -0.168. The average Bonchev–Trinajstić information content (AvgIpc) is 2.38. The maximum absolute atomic E-state index is 11.4. The van der Waals surface area contributed by atoms with Crippen LogP contribution in [0.2, 0.25) is 0 Å². The predicted octanol–water partition coefficient (Wildman–Crippen LogP) is 1.97. The van der Waals surface area contributed by atoms with Crippen LogP contribution in [0.3, 0.4) is 0 Å². The molecule has 0 amide bonds. The van der Waals surface area contributed by atoms with Gasteiger partial charge in [-0.3, -0.25) is 4.79 Å². The molecule has 1 aliphatic rings. The van der Waals surface area contributed by atoms with E-state index >= 15 is 0 Å². The van der Waals surface area contributed by atoms with Gasteiger partial charge in [-0.15, -0.1) is 0 Å². The van der Waals surface area contributed by atoms with Crippen LogP contribution in [0.5, 0.6) is 0 Å². The number of carbonyl (C=O) groups excluding carboxylic acids is 1. The van der Waals surface area contributed by atoms with E-state index in [1.165, 1.54) is 12.7 Å². The Hall–Kier alpha value is -1.71. The van der Waals surface area contributed by atoms with Gasteiger partial charge in [-0.25, -0.2) is 0 Å². The lowest BCUT2D eigenvalue weighted by Crippen LogP contribution is -2.39. The molecule has 0 radical (unpaired) electrons. The Labute approximate surface area is 108 Å². The molecule has 1 aromatic carbocycles. The molecule has 2 N–H and O–H groups in total. The van der Waals surface area contributed by atoms with Crippen molar-refractivity contribution in [2.24, 2.45) is 0 Å². The largest absolute Gasteiger partial charge is 0.469 e. The Morgan fingerprint density at radius 2 is 2.33 bits per heavy atom. The molecule has 0 aliphatic carbocycles. The molecule has 18 heavy (non-hydrogen) atoms. The van der Waals surface area contributed by atoms with Crippen LogP contribution in [0.15, 0.2) is 18.2 Å². The molecule has 1 atom stereocenters. The maximum Gasteiger partial charge on any atom is 0.307 e. The molecule has 1 unspecified atom stereocenters. The van der Waals surface area contributed by atoms with Gasteiger partial charge in [-0.1, -0.05) is 6.07 Å². The second-order valence-corrected chi connectivity index (χ2v) is 4.77. The van der Waals surface area contributed by atoms with Crippen LogP contribution in [0, 0.1) is 0 Å². The summed E-state index contributed by atoms with van der Waals surface area (Å²) in [5.74, 6) is -0.168. The van der Waals surface area contributed by atoms with Gasteiger partial charge in [0.05, 0.1) is 13.5 Å². The summed E-state index contributed by atoms with van der Waals surface area (Å²) in [5, 5.41) is 0. The second-order valence-electron chi connectivity index (χ2n) is 4.77. The van der Waals surface area contributed by atoms with Crippen molar-refractivity contribution < 1.29 is 9.53 Å². The van der Waals surface area contributed by atoms with Gasteiger partial charge in [0.15, 0.2) is 0 Å². The molecule has 4 heteroatoms. The number of benzene rings is 1. The fraction of sp³-hybridized carbons (Fsp3) is 0.500. The first-order valence-corrected chi connectivity index (χ1v) is 6.34. The number of hydrogen-bond acceptors (Lipinski definition) is 4. The number of fused-ring (bicyclic) bond motifs is 1. The third-order valence-electron chi connectivity index (χ3n) is 3.54. The molecular formula is C14H20N2O2. The normalized spacial score (nSPS) is 16.0. The van der Waals surface area contributed by atoms with E-state index in [1.54, 1.807) is 0 Å². The maximum atomic E-state index is 11.4. The highest BCUT2D eigenvalue weighted by atomic mass is 16.5. The van der Waals surface area contributed by atoms with E-state index in [0.717, 1.165) is 30.8 Å². The average molecular weight is 248 g/mol. The molecule has 1 aliphatic heterocycles. The van der Waals surface area contributed by atoms with E-state index in [1.807, 2.05) is 12.1 Å². The SMILES string of the molecule is COC(=O)CC(C)N1CCCc2c(N)cccc21. The summed E-state index contributed by atoms with van der Waals surface area (Å²) >= 11 is 0. The standard InChI is InChI=1S/C14H20N2O2/c1-10(9-14(17)18-2)16-8-4-5-11-12(15)6-3-7-13(11)16/h3,6-7,10H,4-5,8-9,15H2,1-2H3. The summed E-state index contributed by atoms with van der Waals surface area (Å²) in [7, 11) is 1.43. The monoisotopic (exact) mass is 248 g/mol. The van der Waals surface area contributed by atoms with Crippen LogP contribution in [-0.4, -0.2) is 25.7 Å². The summed E-state index contributed by atoms with van der Waals surface area (Å²) in [5.41, 5.74) is 9.24. The van der Waals surface area contributed by atoms with Crippen LogP contribution < -0.4 is 10.6 Å². The van der Waals surface area contributed by atoms with E-state index in [-0.39, 0.29) is 12.0 Å². The molecule has 0 spiro atoms. The van der Waals surface area contributed by atoms with Gasteiger partial charge >= 0.3 is 5.97 Å². The molecule has 0 bridgehead atoms.